The Morgan fingerprint density at radius 1 is 1.06 bits per heavy atom. The van der Waals surface area contributed by atoms with Crippen molar-refractivity contribution in [2.24, 2.45) is 5.92 Å². The van der Waals surface area contributed by atoms with Crippen molar-refractivity contribution in [3.05, 3.63) is 35.9 Å². The summed E-state index contributed by atoms with van der Waals surface area (Å²) in [5.74, 6) is -0.0760. The quantitative estimate of drug-likeness (QED) is 0.592. The second-order valence-corrected chi connectivity index (χ2v) is 10.5. The normalized spacial score (nSPS) is 22.9. The first-order chi connectivity index (χ1) is 16.7. The minimum absolute atomic E-state index is 0.0497. The van der Waals surface area contributed by atoms with Crippen LogP contribution in [-0.2, 0) is 25.8 Å². The number of amides is 4. The zero-order valence-corrected chi connectivity index (χ0v) is 20.8. The summed E-state index contributed by atoms with van der Waals surface area (Å²) in [6, 6.07) is 8.78. The Hall–Kier alpha value is -2.85. The van der Waals surface area contributed by atoms with Crippen molar-refractivity contribution in [2.75, 3.05) is 26.2 Å². The number of hydrogen-bond donors (Lipinski definition) is 1. The molecule has 0 radical (unpaired) electrons. The third-order valence-corrected chi connectivity index (χ3v) is 6.60. The molecular formula is C25H36N4O6. The van der Waals surface area contributed by atoms with Crippen molar-refractivity contribution in [3.8, 4) is 0 Å². The van der Waals surface area contributed by atoms with Gasteiger partial charge in [-0.2, -0.15) is 5.06 Å². The summed E-state index contributed by atoms with van der Waals surface area (Å²) < 4.78 is 5.42. The molecule has 3 fully saturated rings. The van der Waals surface area contributed by atoms with Gasteiger partial charge in [0.15, 0.2) is 0 Å². The monoisotopic (exact) mass is 488 g/mol. The molecule has 3 aliphatic heterocycles. The number of fused-ring (bicyclic) bond motifs is 2. The van der Waals surface area contributed by atoms with Crippen LogP contribution in [0.5, 0.6) is 0 Å². The minimum Gasteiger partial charge on any atom is -0.444 e. The second kappa shape index (κ2) is 10.8. The van der Waals surface area contributed by atoms with Crippen molar-refractivity contribution in [3.63, 3.8) is 0 Å². The highest BCUT2D eigenvalue weighted by molar-refractivity contribution is 5.88. The molecule has 1 N–H and O–H groups in total. The van der Waals surface area contributed by atoms with Crippen LogP contribution in [0.4, 0.5) is 9.59 Å². The fourth-order valence-electron chi connectivity index (χ4n) is 4.70. The predicted octanol–water partition coefficient (Wildman–Crippen LogP) is 3.08. The predicted molar refractivity (Wildman–Crippen MR) is 127 cm³/mol. The van der Waals surface area contributed by atoms with E-state index >= 15 is 0 Å². The lowest BCUT2D eigenvalue weighted by Gasteiger charge is -2.33. The zero-order valence-electron chi connectivity index (χ0n) is 20.8. The average Bonchev–Trinajstić information content (AvgIpc) is 3.07. The Morgan fingerprint density at radius 3 is 2.46 bits per heavy atom. The van der Waals surface area contributed by atoms with Gasteiger partial charge in [-0.3, -0.25) is 14.5 Å². The third-order valence-electron chi connectivity index (χ3n) is 6.60. The van der Waals surface area contributed by atoms with E-state index in [0.717, 1.165) is 18.4 Å². The molecule has 192 valence electrons. The molecule has 4 rings (SSSR count). The molecule has 3 saturated heterocycles. The van der Waals surface area contributed by atoms with E-state index in [9.17, 15) is 14.4 Å². The van der Waals surface area contributed by atoms with Crippen molar-refractivity contribution < 1.29 is 28.8 Å². The van der Waals surface area contributed by atoms with Crippen LogP contribution < -0.4 is 5.48 Å². The SMILES string of the molecule is CC(C)(C)OC(=O)N1CCC(CONC(=O)[C@@H]2CC[C@@H]3CN2C(=O)N3OCc2ccccc2)CC1. The Kier molecular flexibility index (Phi) is 7.81. The maximum Gasteiger partial charge on any atom is 0.410 e. The maximum absolute atomic E-state index is 12.9. The first-order valence-corrected chi connectivity index (χ1v) is 12.4. The summed E-state index contributed by atoms with van der Waals surface area (Å²) in [5, 5.41) is 1.42. The fraction of sp³-hybridized carbons (Fsp3) is 0.640. The lowest BCUT2D eigenvalue weighted by molar-refractivity contribution is -0.141. The Labute approximate surface area is 206 Å². The lowest BCUT2D eigenvalue weighted by atomic mass is 9.98. The third kappa shape index (κ3) is 6.43. The Bertz CT molecular complexity index is 897. The van der Waals surface area contributed by atoms with E-state index < -0.39 is 11.6 Å². The lowest BCUT2D eigenvalue weighted by Crippen LogP contribution is -2.50. The average molecular weight is 489 g/mol. The first kappa shape index (κ1) is 25.2. The summed E-state index contributed by atoms with van der Waals surface area (Å²) in [7, 11) is 0. The van der Waals surface area contributed by atoms with Crippen LogP contribution >= 0.6 is 0 Å². The molecule has 10 heteroatoms. The van der Waals surface area contributed by atoms with Gasteiger partial charge in [0, 0.05) is 19.6 Å². The number of urea groups is 1. The van der Waals surface area contributed by atoms with Gasteiger partial charge in [-0.15, -0.1) is 0 Å². The van der Waals surface area contributed by atoms with E-state index in [1.165, 1.54) is 5.06 Å². The topological polar surface area (TPSA) is 101 Å². The summed E-state index contributed by atoms with van der Waals surface area (Å²) >= 11 is 0. The van der Waals surface area contributed by atoms with E-state index in [-0.39, 0.29) is 30.0 Å². The Morgan fingerprint density at radius 2 is 1.77 bits per heavy atom. The number of hydrogen-bond acceptors (Lipinski definition) is 6. The van der Waals surface area contributed by atoms with Gasteiger partial charge < -0.3 is 14.5 Å². The van der Waals surface area contributed by atoms with Gasteiger partial charge in [0.2, 0.25) is 0 Å². The Balaban J connectivity index is 1.18. The molecular weight excluding hydrogens is 452 g/mol. The zero-order chi connectivity index (χ0) is 25.0. The van der Waals surface area contributed by atoms with Crippen LogP contribution in [0.15, 0.2) is 30.3 Å². The molecule has 10 nitrogen and oxygen atoms in total. The van der Waals surface area contributed by atoms with Crippen molar-refractivity contribution >= 4 is 18.0 Å². The number of ether oxygens (including phenoxy) is 1. The van der Waals surface area contributed by atoms with Crippen LogP contribution in [0.2, 0.25) is 0 Å². The van der Waals surface area contributed by atoms with Crippen LogP contribution in [0.3, 0.4) is 0 Å². The number of benzene rings is 1. The molecule has 0 saturated carbocycles. The molecule has 3 aliphatic rings. The number of likely N-dealkylation sites (tertiary alicyclic amines) is 1. The molecule has 0 spiro atoms. The van der Waals surface area contributed by atoms with E-state index in [4.69, 9.17) is 14.4 Å². The highest BCUT2D eigenvalue weighted by Crippen LogP contribution is 2.30. The molecule has 0 aliphatic carbocycles. The minimum atomic E-state index is -0.571. The molecule has 2 atom stereocenters. The fourth-order valence-corrected chi connectivity index (χ4v) is 4.70. The first-order valence-electron chi connectivity index (χ1n) is 12.4. The number of rotatable bonds is 7. The van der Waals surface area contributed by atoms with Crippen molar-refractivity contribution in [2.45, 2.75) is 70.7 Å². The molecule has 3 heterocycles. The summed E-state index contributed by atoms with van der Waals surface area (Å²) in [5.41, 5.74) is 3.01. The molecule has 1 aromatic rings. The van der Waals surface area contributed by atoms with Gasteiger partial charge >= 0.3 is 12.1 Å². The second-order valence-electron chi connectivity index (χ2n) is 10.5. The van der Waals surface area contributed by atoms with Crippen LogP contribution in [0.1, 0.15) is 52.0 Å². The van der Waals surface area contributed by atoms with E-state index in [1.54, 1.807) is 9.80 Å². The van der Waals surface area contributed by atoms with Crippen LogP contribution in [0.25, 0.3) is 0 Å². The van der Waals surface area contributed by atoms with Crippen LogP contribution in [-0.4, -0.2) is 76.8 Å². The standard InChI is InChI=1S/C25H36N4O6/c1-25(2,3)35-24(32)27-13-11-19(12-14-27)16-33-26-22(30)21-10-9-20-15-28(21)23(31)29(20)34-17-18-7-5-4-6-8-18/h4-8,19-21H,9-17H2,1-3H3,(H,26,30)/t20-,21+/m1/s1. The number of piperidine rings is 2. The number of nitrogens with one attached hydrogen (secondary N) is 1. The highest BCUT2D eigenvalue weighted by atomic mass is 16.7. The summed E-state index contributed by atoms with van der Waals surface area (Å²) in [6.07, 6.45) is 2.51. The summed E-state index contributed by atoms with van der Waals surface area (Å²) in [4.78, 5) is 52.4. The molecule has 0 aromatic heterocycles. The molecule has 2 bridgehead atoms. The van der Waals surface area contributed by atoms with Gasteiger partial charge in [-0.1, -0.05) is 30.3 Å². The van der Waals surface area contributed by atoms with Crippen molar-refractivity contribution in [1.82, 2.24) is 20.3 Å². The smallest absolute Gasteiger partial charge is 0.410 e. The van der Waals surface area contributed by atoms with Gasteiger partial charge in [0.05, 0.1) is 12.6 Å². The number of carbonyl (C=O) groups is 3. The molecule has 35 heavy (non-hydrogen) atoms. The van der Waals surface area contributed by atoms with Gasteiger partial charge in [0.1, 0.15) is 18.2 Å². The molecule has 0 unspecified atom stereocenters. The largest absolute Gasteiger partial charge is 0.444 e. The number of nitrogens with zero attached hydrogens (tertiary/aromatic N) is 3. The van der Waals surface area contributed by atoms with Gasteiger partial charge in [-0.05, 0) is 57.9 Å². The van der Waals surface area contributed by atoms with E-state index in [0.29, 0.717) is 45.7 Å². The molecule has 1 aromatic carbocycles. The number of hydroxylamine groups is 3. The van der Waals surface area contributed by atoms with E-state index in [2.05, 4.69) is 5.48 Å². The van der Waals surface area contributed by atoms with Gasteiger partial charge in [-0.25, -0.2) is 15.1 Å². The summed E-state index contributed by atoms with van der Waals surface area (Å²) in [6.45, 7) is 7.90. The van der Waals surface area contributed by atoms with Crippen molar-refractivity contribution in [1.29, 1.82) is 0 Å². The maximum atomic E-state index is 12.9. The number of carbonyl (C=O) groups excluding carboxylic acids is 3. The highest BCUT2D eigenvalue weighted by Gasteiger charge is 2.48. The van der Waals surface area contributed by atoms with E-state index in [1.807, 2.05) is 51.1 Å². The van der Waals surface area contributed by atoms with Gasteiger partial charge in [0.25, 0.3) is 5.91 Å². The molecule has 4 amide bonds. The van der Waals surface area contributed by atoms with Crippen LogP contribution in [0, 0.1) is 5.92 Å².